The molecule has 3 heterocycles. The van der Waals surface area contributed by atoms with E-state index < -0.39 is 29.5 Å². The molecule has 9 heteroatoms. The van der Waals surface area contributed by atoms with Crippen LogP contribution >= 0.6 is 0 Å². The van der Waals surface area contributed by atoms with Gasteiger partial charge in [-0.3, -0.25) is 15.2 Å². The predicted octanol–water partition coefficient (Wildman–Crippen LogP) is -2.53. The highest BCUT2D eigenvalue weighted by molar-refractivity contribution is 5.76. The molecule has 7 N–H and O–H groups in total. The standard InChI is InChI=1S/C10H14N6O3/c1-3-6(17)8(18)10(11,14-3)7-4-5(15-16-7)9(19)13-2-12-4/h2-3,6,8,14,17-18H,11H2,1H3,(H,15,16)(H,12,13,19)/t3-,6-,8-,10+/m1/s1. The van der Waals surface area contributed by atoms with Crippen molar-refractivity contribution in [3.05, 3.63) is 22.4 Å². The molecule has 0 amide bonds. The van der Waals surface area contributed by atoms with E-state index in [-0.39, 0.29) is 16.7 Å². The van der Waals surface area contributed by atoms with Crippen LogP contribution in [-0.4, -0.2) is 48.6 Å². The van der Waals surface area contributed by atoms with Crippen LogP contribution in [0.15, 0.2) is 11.1 Å². The molecule has 2 aromatic rings. The van der Waals surface area contributed by atoms with E-state index in [1.54, 1.807) is 6.92 Å². The number of hydrogen-bond acceptors (Lipinski definition) is 7. The van der Waals surface area contributed by atoms with Gasteiger partial charge < -0.3 is 20.9 Å². The van der Waals surface area contributed by atoms with Crippen molar-refractivity contribution in [3.63, 3.8) is 0 Å². The van der Waals surface area contributed by atoms with E-state index in [9.17, 15) is 15.0 Å². The average Bonchev–Trinajstić information content (AvgIpc) is 2.89. The molecule has 0 unspecified atom stereocenters. The molecular formula is C10H14N6O3. The SMILES string of the molecule is C[C@H]1N[C@@](N)(c2[nH]nc3c(=O)[nH]cnc23)[C@H](O)[C@@H]1O. The van der Waals surface area contributed by atoms with Gasteiger partial charge >= 0.3 is 0 Å². The molecule has 9 nitrogen and oxygen atoms in total. The summed E-state index contributed by atoms with van der Waals surface area (Å²) < 4.78 is 0. The van der Waals surface area contributed by atoms with Crippen LogP contribution in [0.4, 0.5) is 0 Å². The van der Waals surface area contributed by atoms with Gasteiger partial charge in [-0.25, -0.2) is 4.98 Å². The van der Waals surface area contributed by atoms with Crippen molar-refractivity contribution >= 4 is 11.0 Å². The number of fused-ring (bicyclic) bond motifs is 1. The number of hydrogen-bond donors (Lipinski definition) is 6. The topological polar surface area (TPSA) is 153 Å². The van der Waals surface area contributed by atoms with Crippen LogP contribution in [0.25, 0.3) is 11.0 Å². The monoisotopic (exact) mass is 266 g/mol. The zero-order valence-corrected chi connectivity index (χ0v) is 10.1. The molecule has 0 bridgehead atoms. The molecule has 0 saturated carbocycles. The van der Waals surface area contributed by atoms with E-state index in [1.165, 1.54) is 6.33 Å². The summed E-state index contributed by atoms with van der Waals surface area (Å²) in [5, 5.41) is 29.3. The smallest absolute Gasteiger partial charge is 0.279 e. The molecule has 0 radical (unpaired) electrons. The summed E-state index contributed by atoms with van der Waals surface area (Å²) in [7, 11) is 0. The third-order valence-corrected chi connectivity index (χ3v) is 3.53. The van der Waals surface area contributed by atoms with Gasteiger partial charge in [0.25, 0.3) is 5.56 Å². The first-order chi connectivity index (χ1) is 8.95. The number of nitrogens with two attached hydrogens (primary N) is 1. The lowest BCUT2D eigenvalue weighted by atomic mass is 9.99. The summed E-state index contributed by atoms with van der Waals surface area (Å²) in [6, 6.07) is -0.402. The average molecular weight is 266 g/mol. The second-order valence-electron chi connectivity index (χ2n) is 4.76. The van der Waals surface area contributed by atoms with E-state index in [2.05, 4.69) is 25.5 Å². The lowest BCUT2D eigenvalue weighted by molar-refractivity contribution is 0.00411. The number of nitrogens with one attached hydrogen (secondary N) is 3. The van der Waals surface area contributed by atoms with E-state index in [0.717, 1.165) is 0 Å². The van der Waals surface area contributed by atoms with Gasteiger partial charge in [-0.05, 0) is 6.92 Å². The minimum atomic E-state index is -1.44. The van der Waals surface area contributed by atoms with Crippen molar-refractivity contribution < 1.29 is 10.2 Å². The fraction of sp³-hybridized carbons (Fsp3) is 0.500. The number of aromatic amines is 2. The summed E-state index contributed by atoms with van der Waals surface area (Å²) in [6.45, 7) is 1.70. The van der Waals surface area contributed by atoms with Crippen LogP contribution in [0.1, 0.15) is 12.6 Å². The Labute approximate surface area is 106 Å². The summed E-state index contributed by atoms with van der Waals surface area (Å²) in [5.74, 6) is 0. The maximum absolute atomic E-state index is 11.6. The lowest BCUT2D eigenvalue weighted by Gasteiger charge is -2.27. The molecule has 1 aliphatic rings. The van der Waals surface area contributed by atoms with Crippen LogP contribution < -0.4 is 16.6 Å². The third-order valence-electron chi connectivity index (χ3n) is 3.53. The van der Waals surface area contributed by atoms with Gasteiger partial charge in [0.05, 0.1) is 18.1 Å². The number of aliphatic hydroxyl groups excluding tert-OH is 2. The molecule has 102 valence electrons. The maximum atomic E-state index is 11.6. The summed E-state index contributed by atoms with van der Waals surface area (Å²) in [5.41, 5.74) is 4.91. The quantitative estimate of drug-likeness (QED) is 0.333. The van der Waals surface area contributed by atoms with Crippen molar-refractivity contribution in [2.75, 3.05) is 0 Å². The molecule has 1 fully saturated rings. The first-order valence-corrected chi connectivity index (χ1v) is 5.80. The number of nitrogens with zero attached hydrogens (tertiary/aromatic N) is 2. The molecule has 2 aromatic heterocycles. The minimum absolute atomic E-state index is 0.102. The van der Waals surface area contributed by atoms with Crippen LogP contribution in [0.3, 0.4) is 0 Å². The number of H-pyrrole nitrogens is 2. The molecule has 19 heavy (non-hydrogen) atoms. The number of aromatic nitrogens is 4. The fourth-order valence-corrected chi connectivity index (χ4v) is 2.44. The Kier molecular flexibility index (Phi) is 2.47. The molecule has 0 aliphatic carbocycles. The molecule has 1 saturated heterocycles. The van der Waals surface area contributed by atoms with Crippen LogP contribution in [0, 0.1) is 0 Å². The van der Waals surface area contributed by atoms with Crippen LogP contribution in [0.2, 0.25) is 0 Å². The highest BCUT2D eigenvalue weighted by atomic mass is 16.3. The summed E-state index contributed by atoms with van der Waals surface area (Å²) >= 11 is 0. The van der Waals surface area contributed by atoms with Crippen molar-refractivity contribution in [1.82, 2.24) is 25.5 Å². The Hall–Kier alpha value is -1.81. The maximum Gasteiger partial charge on any atom is 0.279 e. The largest absolute Gasteiger partial charge is 0.389 e. The number of aliphatic hydroxyl groups is 2. The Morgan fingerprint density at radius 2 is 2.16 bits per heavy atom. The van der Waals surface area contributed by atoms with E-state index in [4.69, 9.17) is 5.73 Å². The summed E-state index contributed by atoms with van der Waals surface area (Å²) in [6.07, 6.45) is -1.04. The van der Waals surface area contributed by atoms with E-state index in [1.807, 2.05) is 0 Å². The zero-order chi connectivity index (χ0) is 13.8. The van der Waals surface area contributed by atoms with Gasteiger partial charge in [0, 0.05) is 6.04 Å². The third kappa shape index (κ3) is 1.53. The van der Waals surface area contributed by atoms with Gasteiger partial charge in [-0.2, -0.15) is 5.10 Å². The molecule has 0 aromatic carbocycles. The van der Waals surface area contributed by atoms with Crippen LogP contribution in [0.5, 0.6) is 0 Å². The molecule has 3 rings (SSSR count). The predicted molar refractivity (Wildman–Crippen MR) is 65.0 cm³/mol. The summed E-state index contributed by atoms with van der Waals surface area (Å²) in [4.78, 5) is 18.0. The van der Waals surface area contributed by atoms with Gasteiger partial charge in [0.2, 0.25) is 0 Å². The highest BCUT2D eigenvalue weighted by Crippen LogP contribution is 2.30. The van der Waals surface area contributed by atoms with E-state index >= 15 is 0 Å². The highest BCUT2D eigenvalue weighted by Gasteiger charge is 2.51. The molecule has 0 spiro atoms. The normalized spacial score (nSPS) is 35.1. The minimum Gasteiger partial charge on any atom is -0.389 e. The van der Waals surface area contributed by atoms with Crippen LogP contribution in [-0.2, 0) is 5.66 Å². The van der Waals surface area contributed by atoms with Gasteiger partial charge in [-0.1, -0.05) is 0 Å². The Balaban J connectivity index is 2.20. The van der Waals surface area contributed by atoms with Crippen molar-refractivity contribution in [3.8, 4) is 0 Å². The Bertz CT molecular complexity index is 681. The molecule has 1 aliphatic heterocycles. The first-order valence-electron chi connectivity index (χ1n) is 5.80. The Morgan fingerprint density at radius 1 is 1.42 bits per heavy atom. The first kappa shape index (κ1) is 12.2. The van der Waals surface area contributed by atoms with Gasteiger partial charge in [0.1, 0.15) is 17.3 Å². The van der Waals surface area contributed by atoms with E-state index in [0.29, 0.717) is 0 Å². The lowest BCUT2D eigenvalue weighted by Crippen LogP contribution is -2.55. The zero-order valence-electron chi connectivity index (χ0n) is 10.1. The van der Waals surface area contributed by atoms with Gasteiger partial charge in [0.15, 0.2) is 5.52 Å². The molecular weight excluding hydrogens is 252 g/mol. The number of rotatable bonds is 1. The second kappa shape index (κ2) is 3.84. The van der Waals surface area contributed by atoms with Crippen molar-refractivity contribution in [2.24, 2.45) is 5.73 Å². The second-order valence-corrected chi connectivity index (χ2v) is 4.76. The Morgan fingerprint density at radius 3 is 2.79 bits per heavy atom. The van der Waals surface area contributed by atoms with Gasteiger partial charge in [-0.15, -0.1) is 0 Å². The fourth-order valence-electron chi connectivity index (χ4n) is 2.44. The van der Waals surface area contributed by atoms with Crippen molar-refractivity contribution in [2.45, 2.75) is 30.8 Å². The molecule has 4 atom stereocenters. The van der Waals surface area contributed by atoms with Crippen molar-refractivity contribution in [1.29, 1.82) is 0 Å².